The number of aromatic nitrogens is 3. The van der Waals surface area contributed by atoms with Crippen molar-refractivity contribution in [2.75, 3.05) is 5.32 Å². The third-order valence-corrected chi connectivity index (χ3v) is 4.31. The van der Waals surface area contributed by atoms with Crippen LogP contribution in [0, 0.1) is 5.82 Å². The number of amides is 2. The molecule has 8 heteroatoms. The van der Waals surface area contributed by atoms with Crippen molar-refractivity contribution in [3.05, 3.63) is 59.1 Å². The summed E-state index contributed by atoms with van der Waals surface area (Å²) in [5.41, 5.74) is 0.920. The number of nitrogens with one attached hydrogen (secondary N) is 2. The summed E-state index contributed by atoms with van der Waals surface area (Å²) in [6.07, 6.45) is 5.74. The lowest BCUT2D eigenvalue weighted by molar-refractivity contribution is 0.248. The van der Waals surface area contributed by atoms with Crippen LogP contribution in [0.4, 0.5) is 14.9 Å². The summed E-state index contributed by atoms with van der Waals surface area (Å²) in [7, 11) is 0. The van der Waals surface area contributed by atoms with Gasteiger partial charge < -0.3 is 10.6 Å². The Kier molecular flexibility index (Phi) is 4.85. The van der Waals surface area contributed by atoms with Crippen molar-refractivity contribution in [1.82, 2.24) is 20.1 Å². The highest BCUT2D eigenvalue weighted by molar-refractivity contribution is 7.09. The number of hydrogen-bond acceptors (Lipinski definition) is 4. The van der Waals surface area contributed by atoms with Gasteiger partial charge in [-0.25, -0.2) is 18.9 Å². The number of rotatable bonds is 5. The van der Waals surface area contributed by atoms with E-state index in [-0.39, 0.29) is 6.04 Å². The third kappa shape index (κ3) is 3.60. The lowest BCUT2D eigenvalue weighted by atomic mass is 10.2. The van der Waals surface area contributed by atoms with Crippen LogP contribution in [0.15, 0.2) is 48.2 Å². The number of carbonyl (C=O) groups excluding carboxylic acids is 1. The molecule has 0 radical (unpaired) electrons. The van der Waals surface area contributed by atoms with Crippen LogP contribution in [-0.2, 0) is 0 Å². The van der Waals surface area contributed by atoms with E-state index in [1.807, 2.05) is 12.3 Å². The Bertz CT molecular complexity index is 804. The molecule has 1 aromatic carbocycles. The standard InChI is InChI=1S/C16H16FN5OS/c1-2-12(15-18-7-9-24-15)20-16(23)21-13-10-11(17)4-5-14(13)22-8-3-6-19-22/h3-10,12H,2H2,1H3,(H2,20,21,23). The van der Waals surface area contributed by atoms with E-state index in [9.17, 15) is 9.18 Å². The van der Waals surface area contributed by atoms with Gasteiger partial charge in [-0.15, -0.1) is 11.3 Å². The monoisotopic (exact) mass is 345 g/mol. The van der Waals surface area contributed by atoms with Crippen molar-refractivity contribution in [3.63, 3.8) is 0 Å². The number of anilines is 1. The van der Waals surface area contributed by atoms with E-state index in [4.69, 9.17) is 0 Å². The minimum absolute atomic E-state index is 0.188. The van der Waals surface area contributed by atoms with Crippen molar-refractivity contribution in [2.24, 2.45) is 0 Å². The summed E-state index contributed by atoms with van der Waals surface area (Å²) in [5.74, 6) is -0.437. The summed E-state index contributed by atoms with van der Waals surface area (Å²) in [4.78, 5) is 16.5. The molecule has 0 saturated carbocycles. The van der Waals surface area contributed by atoms with Crippen LogP contribution in [0.2, 0.25) is 0 Å². The average molecular weight is 345 g/mol. The van der Waals surface area contributed by atoms with Crippen LogP contribution in [0.5, 0.6) is 0 Å². The van der Waals surface area contributed by atoms with E-state index in [2.05, 4.69) is 20.7 Å². The Morgan fingerprint density at radius 1 is 1.42 bits per heavy atom. The second-order valence-corrected chi connectivity index (χ2v) is 5.97. The SMILES string of the molecule is CCC(NC(=O)Nc1cc(F)ccc1-n1cccn1)c1nccs1. The second-order valence-electron chi connectivity index (χ2n) is 5.04. The lowest BCUT2D eigenvalue weighted by Gasteiger charge is -2.16. The lowest BCUT2D eigenvalue weighted by Crippen LogP contribution is -2.32. The molecule has 3 rings (SSSR count). The molecule has 0 aliphatic carbocycles. The maximum absolute atomic E-state index is 13.6. The van der Waals surface area contributed by atoms with Crippen molar-refractivity contribution >= 4 is 23.1 Å². The van der Waals surface area contributed by atoms with E-state index in [1.54, 1.807) is 35.4 Å². The molecule has 2 N–H and O–H groups in total. The normalized spacial score (nSPS) is 11.9. The summed E-state index contributed by atoms with van der Waals surface area (Å²) >= 11 is 1.48. The number of urea groups is 1. The fraction of sp³-hybridized carbons (Fsp3) is 0.188. The molecule has 2 aromatic heterocycles. The van der Waals surface area contributed by atoms with Crippen LogP contribution < -0.4 is 10.6 Å². The highest BCUT2D eigenvalue weighted by Gasteiger charge is 2.16. The Hall–Kier alpha value is -2.74. The molecule has 0 aliphatic rings. The first-order valence-electron chi connectivity index (χ1n) is 7.44. The average Bonchev–Trinajstić information content (AvgIpc) is 3.26. The Morgan fingerprint density at radius 3 is 2.96 bits per heavy atom. The molecule has 124 valence electrons. The van der Waals surface area contributed by atoms with Gasteiger partial charge in [0.05, 0.1) is 17.4 Å². The zero-order valence-corrected chi connectivity index (χ0v) is 13.8. The van der Waals surface area contributed by atoms with Gasteiger partial charge in [0.15, 0.2) is 0 Å². The number of carbonyl (C=O) groups is 1. The van der Waals surface area contributed by atoms with Crippen molar-refractivity contribution in [2.45, 2.75) is 19.4 Å². The van der Waals surface area contributed by atoms with E-state index < -0.39 is 11.8 Å². The summed E-state index contributed by atoms with van der Waals surface area (Å²) in [5, 5.41) is 12.4. The maximum atomic E-state index is 13.6. The minimum atomic E-state index is -0.437. The van der Waals surface area contributed by atoms with Crippen LogP contribution in [-0.4, -0.2) is 20.8 Å². The van der Waals surface area contributed by atoms with Crippen LogP contribution in [0.3, 0.4) is 0 Å². The first kappa shape index (κ1) is 16.1. The fourth-order valence-corrected chi connectivity index (χ4v) is 3.05. The van der Waals surface area contributed by atoms with Gasteiger partial charge in [0.25, 0.3) is 0 Å². The number of halogens is 1. The zero-order chi connectivity index (χ0) is 16.9. The summed E-state index contributed by atoms with van der Waals surface area (Å²) < 4.78 is 15.1. The molecule has 0 spiro atoms. The number of thiazole rings is 1. The highest BCUT2D eigenvalue weighted by Crippen LogP contribution is 2.22. The molecule has 0 saturated heterocycles. The Labute approximate surface area is 142 Å². The predicted molar refractivity (Wildman–Crippen MR) is 90.8 cm³/mol. The van der Waals surface area contributed by atoms with Crippen molar-refractivity contribution in [1.29, 1.82) is 0 Å². The van der Waals surface area contributed by atoms with Gasteiger partial charge in [0.2, 0.25) is 0 Å². The van der Waals surface area contributed by atoms with Gasteiger partial charge in [-0.3, -0.25) is 0 Å². The van der Waals surface area contributed by atoms with Gasteiger partial charge in [0.1, 0.15) is 10.8 Å². The van der Waals surface area contributed by atoms with Gasteiger partial charge in [-0.2, -0.15) is 5.10 Å². The molecule has 3 aromatic rings. The van der Waals surface area contributed by atoms with E-state index in [0.717, 1.165) is 5.01 Å². The van der Waals surface area contributed by atoms with E-state index >= 15 is 0 Å². The quantitative estimate of drug-likeness (QED) is 0.740. The van der Waals surface area contributed by atoms with Crippen LogP contribution in [0.1, 0.15) is 24.4 Å². The molecule has 6 nitrogen and oxygen atoms in total. The number of benzene rings is 1. The van der Waals surface area contributed by atoms with Gasteiger partial charge in [-0.05, 0) is 30.7 Å². The third-order valence-electron chi connectivity index (χ3n) is 3.42. The second kappa shape index (κ2) is 7.22. The molecule has 0 fully saturated rings. The summed E-state index contributed by atoms with van der Waals surface area (Å²) in [6.45, 7) is 1.96. The Morgan fingerprint density at radius 2 is 2.29 bits per heavy atom. The van der Waals surface area contributed by atoms with Crippen molar-refractivity contribution in [3.8, 4) is 5.69 Å². The minimum Gasteiger partial charge on any atom is -0.329 e. The fourth-order valence-electron chi connectivity index (χ4n) is 2.28. The van der Waals surface area contributed by atoms with Crippen molar-refractivity contribution < 1.29 is 9.18 Å². The Balaban J connectivity index is 1.78. The molecule has 0 aliphatic heterocycles. The largest absolute Gasteiger partial charge is 0.329 e. The molecular weight excluding hydrogens is 329 g/mol. The number of nitrogens with zero attached hydrogens (tertiary/aromatic N) is 3. The van der Waals surface area contributed by atoms with Crippen LogP contribution in [0.25, 0.3) is 5.69 Å². The highest BCUT2D eigenvalue weighted by atomic mass is 32.1. The molecule has 2 amide bonds. The number of hydrogen-bond donors (Lipinski definition) is 2. The predicted octanol–water partition coefficient (Wildman–Crippen LogP) is 3.74. The van der Waals surface area contributed by atoms with E-state index in [0.29, 0.717) is 17.8 Å². The van der Waals surface area contributed by atoms with E-state index in [1.165, 1.54) is 23.5 Å². The molecule has 2 heterocycles. The molecule has 24 heavy (non-hydrogen) atoms. The molecular formula is C16H16FN5OS. The van der Waals surface area contributed by atoms with Gasteiger partial charge in [-0.1, -0.05) is 6.92 Å². The first-order chi connectivity index (χ1) is 11.7. The molecule has 1 unspecified atom stereocenters. The molecule has 1 atom stereocenters. The summed E-state index contributed by atoms with van der Waals surface area (Å²) in [6, 6.07) is 5.30. The van der Waals surface area contributed by atoms with Crippen LogP contribution >= 0.6 is 11.3 Å². The van der Waals surface area contributed by atoms with Gasteiger partial charge >= 0.3 is 6.03 Å². The molecule has 0 bridgehead atoms. The zero-order valence-electron chi connectivity index (χ0n) is 12.9. The topological polar surface area (TPSA) is 71.8 Å². The van der Waals surface area contributed by atoms with Gasteiger partial charge in [0, 0.05) is 24.0 Å². The first-order valence-corrected chi connectivity index (χ1v) is 8.32. The maximum Gasteiger partial charge on any atom is 0.319 e. The smallest absolute Gasteiger partial charge is 0.319 e.